The fourth-order valence-corrected chi connectivity index (χ4v) is 5.16. The average molecular weight is 518 g/mol. The lowest BCUT2D eigenvalue weighted by Gasteiger charge is -2.32. The van der Waals surface area contributed by atoms with Crippen LogP contribution in [0.2, 0.25) is 10.0 Å². The van der Waals surface area contributed by atoms with Gasteiger partial charge in [-0.15, -0.1) is 0 Å². The van der Waals surface area contributed by atoms with Crippen molar-refractivity contribution in [2.24, 2.45) is 0 Å². The van der Waals surface area contributed by atoms with Crippen LogP contribution in [0.5, 0.6) is 0 Å². The zero-order valence-electron chi connectivity index (χ0n) is 21.4. The van der Waals surface area contributed by atoms with Gasteiger partial charge in [0, 0.05) is 29.1 Å². The van der Waals surface area contributed by atoms with Crippen LogP contribution in [0.1, 0.15) is 82.9 Å². The first kappa shape index (κ1) is 27.5. The number of halogens is 2. The van der Waals surface area contributed by atoms with Gasteiger partial charge in [-0.25, -0.2) is 0 Å². The van der Waals surface area contributed by atoms with Crippen LogP contribution in [0, 0.1) is 0 Å². The third kappa shape index (κ3) is 7.72. The standard InChI is InChI=1S/C29H38Cl2N2O2/c1-5-26(28(35)32-24-8-6-7-9-24)33(19-21-13-16-23(30)18-25(21)31)27(34)17-12-20-10-14-22(15-11-20)29(2,3)4/h10-11,13-16,18,24,26H,5-9,12,17,19H2,1-4H3,(H,32,35). The average Bonchev–Trinajstić information content (AvgIpc) is 3.31. The summed E-state index contributed by atoms with van der Waals surface area (Å²) in [6.45, 7) is 8.79. The molecule has 0 aliphatic heterocycles. The monoisotopic (exact) mass is 516 g/mol. The fourth-order valence-electron chi connectivity index (χ4n) is 4.69. The van der Waals surface area contributed by atoms with Crippen LogP contribution in [0.3, 0.4) is 0 Å². The summed E-state index contributed by atoms with van der Waals surface area (Å²) in [5.41, 5.74) is 3.25. The summed E-state index contributed by atoms with van der Waals surface area (Å²) in [6.07, 6.45) is 5.77. The summed E-state index contributed by atoms with van der Waals surface area (Å²) < 4.78 is 0. The van der Waals surface area contributed by atoms with Crippen molar-refractivity contribution in [2.75, 3.05) is 0 Å². The number of amides is 2. The third-order valence-corrected chi connectivity index (χ3v) is 7.48. The smallest absolute Gasteiger partial charge is 0.243 e. The molecule has 0 aromatic heterocycles. The van der Waals surface area contributed by atoms with Crippen molar-refractivity contribution in [3.05, 3.63) is 69.2 Å². The lowest BCUT2D eigenvalue weighted by atomic mass is 9.86. The molecule has 6 heteroatoms. The zero-order valence-corrected chi connectivity index (χ0v) is 22.9. The minimum Gasteiger partial charge on any atom is -0.352 e. The first-order valence-electron chi connectivity index (χ1n) is 12.7. The van der Waals surface area contributed by atoms with Gasteiger partial charge in [0.2, 0.25) is 11.8 Å². The quantitative estimate of drug-likeness (QED) is 0.386. The van der Waals surface area contributed by atoms with Gasteiger partial charge in [0.25, 0.3) is 0 Å². The number of nitrogens with zero attached hydrogens (tertiary/aromatic N) is 1. The van der Waals surface area contributed by atoms with Crippen LogP contribution in [0.4, 0.5) is 0 Å². The number of benzene rings is 2. The Bertz CT molecular complexity index is 1010. The number of hydrogen-bond donors (Lipinski definition) is 1. The first-order valence-corrected chi connectivity index (χ1v) is 13.5. The second-order valence-electron chi connectivity index (χ2n) is 10.6. The van der Waals surface area contributed by atoms with E-state index in [4.69, 9.17) is 23.2 Å². The van der Waals surface area contributed by atoms with Gasteiger partial charge in [-0.3, -0.25) is 9.59 Å². The molecule has 1 aliphatic carbocycles. The van der Waals surface area contributed by atoms with E-state index in [-0.39, 0.29) is 29.8 Å². The number of carbonyl (C=O) groups excluding carboxylic acids is 2. The number of nitrogens with one attached hydrogen (secondary N) is 1. The van der Waals surface area contributed by atoms with Crippen LogP contribution < -0.4 is 5.32 Å². The van der Waals surface area contributed by atoms with Gasteiger partial charge < -0.3 is 10.2 Å². The fraction of sp³-hybridized carbons (Fsp3) is 0.517. The summed E-state index contributed by atoms with van der Waals surface area (Å²) >= 11 is 12.5. The molecule has 2 aromatic carbocycles. The molecule has 1 atom stereocenters. The minimum atomic E-state index is -0.543. The molecule has 1 unspecified atom stereocenters. The Balaban J connectivity index is 1.77. The number of hydrogen-bond acceptors (Lipinski definition) is 2. The van der Waals surface area contributed by atoms with E-state index in [1.807, 2.05) is 13.0 Å². The molecule has 1 aliphatic rings. The van der Waals surface area contributed by atoms with Crippen molar-refractivity contribution < 1.29 is 9.59 Å². The Kier molecular flexibility index (Phi) is 9.66. The molecule has 1 N–H and O–H groups in total. The highest BCUT2D eigenvalue weighted by molar-refractivity contribution is 6.35. The number of carbonyl (C=O) groups is 2. The predicted octanol–water partition coefficient (Wildman–Crippen LogP) is 7.09. The van der Waals surface area contributed by atoms with Crippen molar-refractivity contribution in [3.8, 4) is 0 Å². The molecule has 1 saturated carbocycles. The van der Waals surface area contributed by atoms with E-state index in [1.54, 1.807) is 17.0 Å². The molecule has 0 radical (unpaired) electrons. The van der Waals surface area contributed by atoms with Gasteiger partial charge in [-0.05, 0) is 59.9 Å². The van der Waals surface area contributed by atoms with Crippen molar-refractivity contribution in [1.29, 1.82) is 0 Å². The largest absolute Gasteiger partial charge is 0.352 e. The lowest BCUT2D eigenvalue weighted by molar-refractivity contribution is -0.141. The summed E-state index contributed by atoms with van der Waals surface area (Å²) in [4.78, 5) is 28.5. The normalized spacial score (nSPS) is 15.1. The SMILES string of the molecule is CCC(C(=O)NC1CCCC1)N(Cc1ccc(Cl)cc1Cl)C(=O)CCc1ccc(C(C)(C)C)cc1. The van der Waals surface area contributed by atoms with Crippen molar-refractivity contribution in [1.82, 2.24) is 10.2 Å². The zero-order chi connectivity index (χ0) is 25.6. The highest BCUT2D eigenvalue weighted by atomic mass is 35.5. The topological polar surface area (TPSA) is 49.4 Å². The van der Waals surface area contributed by atoms with Gasteiger partial charge in [0.1, 0.15) is 6.04 Å². The molecular weight excluding hydrogens is 479 g/mol. The molecule has 0 bridgehead atoms. The van der Waals surface area contributed by atoms with Crippen LogP contribution in [-0.2, 0) is 28.0 Å². The van der Waals surface area contributed by atoms with Crippen molar-refractivity contribution in [3.63, 3.8) is 0 Å². The molecule has 4 nitrogen and oxygen atoms in total. The molecule has 2 aromatic rings. The maximum atomic E-state index is 13.5. The van der Waals surface area contributed by atoms with Gasteiger partial charge in [0.05, 0.1) is 0 Å². The Hall–Kier alpha value is -2.04. The Morgan fingerprint density at radius 3 is 2.29 bits per heavy atom. The molecule has 0 spiro atoms. The maximum Gasteiger partial charge on any atom is 0.243 e. The maximum absolute atomic E-state index is 13.5. The molecule has 0 saturated heterocycles. The van der Waals surface area contributed by atoms with Gasteiger partial charge in [0.15, 0.2) is 0 Å². The lowest BCUT2D eigenvalue weighted by Crippen LogP contribution is -2.51. The van der Waals surface area contributed by atoms with Crippen molar-refractivity contribution >= 4 is 35.0 Å². The van der Waals surface area contributed by atoms with E-state index in [2.05, 4.69) is 50.4 Å². The van der Waals surface area contributed by atoms with E-state index in [1.165, 1.54) is 5.56 Å². The van der Waals surface area contributed by atoms with E-state index in [9.17, 15) is 9.59 Å². The van der Waals surface area contributed by atoms with Crippen LogP contribution in [0.15, 0.2) is 42.5 Å². The molecule has 35 heavy (non-hydrogen) atoms. The summed E-state index contributed by atoms with van der Waals surface area (Å²) in [6, 6.07) is 13.4. The van der Waals surface area contributed by atoms with E-state index in [0.717, 1.165) is 36.8 Å². The van der Waals surface area contributed by atoms with Crippen molar-refractivity contribution in [2.45, 2.75) is 96.7 Å². The number of aryl methyl sites for hydroxylation is 1. The Labute approximate surface area is 220 Å². The molecular formula is C29H38Cl2N2O2. The van der Waals surface area contributed by atoms with E-state index < -0.39 is 6.04 Å². The third-order valence-electron chi connectivity index (χ3n) is 6.89. The Morgan fingerprint density at radius 1 is 1.06 bits per heavy atom. The first-order chi connectivity index (χ1) is 16.6. The van der Waals surface area contributed by atoms with Crippen LogP contribution >= 0.6 is 23.2 Å². The van der Waals surface area contributed by atoms with E-state index >= 15 is 0 Å². The molecule has 2 amide bonds. The number of rotatable bonds is 9. The van der Waals surface area contributed by atoms with Gasteiger partial charge in [-0.1, -0.05) is 94.1 Å². The minimum absolute atomic E-state index is 0.0515. The molecule has 3 rings (SSSR count). The molecule has 1 fully saturated rings. The van der Waals surface area contributed by atoms with Crippen LogP contribution in [0.25, 0.3) is 0 Å². The highest BCUT2D eigenvalue weighted by Gasteiger charge is 2.30. The predicted molar refractivity (Wildman–Crippen MR) is 145 cm³/mol. The molecule has 190 valence electrons. The summed E-state index contributed by atoms with van der Waals surface area (Å²) in [7, 11) is 0. The summed E-state index contributed by atoms with van der Waals surface area (Å²) in [5, 5.41) is 4.22. The van der Waals surface area contributed by atoms with Gasteiger partial charge in [-0.2, -0.15) is 0 Å². The second kappa shape index (κ2) is 12.3. The molecule has 0 heterocycles. The van der Waals surface area contributed by atoms with Crippen LogP contribution in [-0.4, -0.2) is 28.8 Å². The van der Waals surface area contributed by atoms with Gasteiger partial charge >= 0.3 is 0 Å². The summed E-state index contributed by atoms with van der Waals surface area (Å²) in [5.74, 6) is -0.128. The second-order valence-corrected chi connectivity index (χ2v) is 11.5. The Morgan fingerprint density at radius 2 is 1.71 bits per heavy atom. The van der Waals surface area contributed by atoms with E-state index in [0.29, 0.717) is 29.3 Å². The highest BCUT2D eigenvalue weighted by Crippen LogP contribution is 2.26.